The van der Waals surface area contributed by atoms with Crippen LogP contribution in [0.25, 0.3) is 0 Å². The zero-order valence-electron chi connectivity index (χ0n) is 13.3. The van der Waals surface area contributed by atoms with Crippen molar-refractivity contribution in [1.82, 2.24) is 5.32 Å². The number of rotatable bonds is 7. The maximum Gasteiger partial charge on any atom is 0.220 e. The van der Waals surface area contributed by atoms with Crippen molar-refractivity contribution in [3.63, 3.8) is 0 Å². The Bertz CT molecular complexity index is 670. The molecule has 5 nitrogen and oxygen atoms in total. The molecular formula is C16H22FNO4S. The van der Waals surface area contributed by atoms with Gasteiger partial charge in [0.05, 0.1) is 19.0 Å². The third-order valence-corrected chi connectivity index (χ3v) is 4.78. The van der Waals surface area contributed by atoms with E-state index in [0.717, 1.165) is 11.8 Å². The summed E-state index contributed by atoms with van der Waals surface area (Å²) in [5.41, 5.74) is 0.0339. The first-order valence-electron chi connectivity index (χ1n) is 7.48. The number of sulfone groups is 1. The molecule has 1 unspecified atom stereocenters. The SMILES string of the molecule is CC(CC(=O)NC1(CS(C)(=O)=O)COC1)Cc1cccc(F)c1. The van der Waals surface area contributed by atoms with E-state index in [2.05, 4.69) is 5.32 Å². The van der Waals surface area contributed by atoms with Gasteiger partial charge in [-0.1, -0.05) is 19.1 Å². The van der Waals surface area contributed by atoms with Crippen LogP contribution in [-0.4, -0.2) is 45.1 Å². The van der Waals surface area contributed by atoms with Gasteiger partial charge >= 0.3 is 0 Å². The fourth-order valence-corrected chi connectivity index (χ4v) is 4.09. The molecule has 0 radical (unpaired) electrons. The number of hydrogen-bond acceptors (Lipinski definition) is 4. The molecule has 1 N–H and O–H groups in total. The predicted octanol–water partition coefficient (Wildman–Crippen LogP) is 1.32. The minimum absolute atomic E-state index is 0.0214. The second-order valence-electron chi connectivity index (χ2n) is 6.53. The van der Waals surface area contributed by atoms with E-state index in [1.807, 2.05) is 13.0 Å². The molecule has 1 aromatic carbocycles. The Balaban J connectivity index is 1.88. The predicted molar refractivity (Wildman–Crippen MR) is 85.3 cm³/mol. The van der Waals surface area contributed by atoms with Crippen molar-refractivity contribution in [1.29, 1.82) is 0 Å². The summed E-state index contributed by atoms with van der Waals surface area (Å²) in [5.74, 6) is -0.601. The molecular weight excluding hydrogens is 321 g/mol. The van der Waals surface area contributed by atoms with Crippen molar-refractivity contribution in [2.75, 3.05) is 25.2 Å². The molecule has 1 heterocycles. The van der Waals surface area contributed by atoms with Crippen LogP contribution in [0.3, 0.4) is 0 Å². The Hall–Kier alpha value is -1.47. The van der Waals surface area contributed by atoms with E-state index in [1.165, 1.54) is 12.1 Å². The number of hydrogen-bond donors (Lipinski definition) is 1. The molecule has 1 amide bonds. The Morgan fingerprint density at radius 1 is 1.43 bits per heavy atom. The van der Waals surface area contributed by atoms with Crippen molar-refractivity contribution in [3.05, 3.63) is 35.6 Å². The van der Waals surface area contributed by atoms with Gasteiger partial charge in [-0.05, 0) is 30.0 Å². The van der Waals surface area contributed by atoms with Gasteiger partial charge in [-0.2, -0.15) is 0 Å². The normalized spacial score (nSPS) is 18.0. The van der Waals surface area contributed by atoms with E-state index < -0.39 is 15.4 Å². The van der Waals surface area contributed by atoms with Gasteiger partial charge in [-0.15, -0.1) is 0 Å². The lowest BCUT2D eigenvalue weighted by Crippen LogP contribution is -2.65. The highest BCUT2D eigenvalue weighted by molar-refractivity contribution is 7.90. The first-order valence-corrected chi connectivity index (χ1v) is 9.54. The molecule has 0 saturated carbocycles. The van der Waals surface area contributed by atoms with Gasteiger partial charge in [0.2, 0.25) is 5.91 Å². The molecule has 1 aromatic rings. The van der Waals surface area contributed by atoms with Crippen molar-refractivity contribution >= 4 is 15.7 Å². The van der Waals surface area contributed by atoms with E-state index in [9.17, 15) is 17.6 Å². The average molecular weight is 343 g/mol. The molecule has 1 aliphatic heterocycles. The largest absolute Gasteiger partial charge is 0.376 e. The first-order chi connectivity index (χ1) is 10.7. The zero-order chi connectivity index (χ0) is 17.1. The molecule has 1 saturated heterocycles. The number of carbonyl (C=O) groups is 1. The molecule has 0 spiro atoms. The number of carbonyl (C=O) groups excluding carboxylic acids is 1. The van der Waals surface area contributed by atoms with Crippen LogP contribution < -0.4 is 5.32 Å². The number of amides is 1. The summed E-state index contributed by atoms with van der Waals surface area (Å²) in [6, 6.07) is 6.30. The molecule has 7 heteroatoms. The molecule has 128 valence electrons. The van der Waals surface area contributed by atoms with Crippen molar-refractivity contribution in [3.8, 4) is 0 Å². The third-order valence-electron chi connectivity index (χ3n) is 3.71. The molecule has 0 bridgehead atoms. The van der Waals surface area contributed by atoms with E-state index >= 15 is 0 Å². The second-order valence-corrected chi connectivity index (χ2v) is 8.67. The average Bonchev–Trinajstić information content (AvgIpc) is 2.33. The Morgan fingerprint density at radius 2 is 2.13 bits per heavy atom. The van der Waals surface area contributed by atoms with Crippen molar-refractivity contribution in [2.24, 2.45) is 5.92 Å². The van der Waals surface area contributed by atoms with E-state index in [4.69, 9.17) is 4.74 Å². The van der Waals surface area contributed by atoms with Gasteiger partial charge in [0, 0.05) is 12.7 Å². The molecule has 1 atom stereocenters. The molecule has 2 rings (SSSR count). The monoisotopic (exact) mass is 343 g/mol. The van der Waals surface area contributed by atoms with Crippen LogP contribution in [0.5, 0.6) is 0 Å². The lowest BCUT2D eigenvalue weighted by molar-refractivity contribution is -0.131. The summed E-state index contributed by atoms with van der Waals surface area (Å²) in [5, 5.41) is 2.80. The highest BCUT2D eigenvalue weighted by Crippen LogP contribution is 2.20. The maximum absolute atomic E-state index is 13.2. The number of benzene rings is 1. The van der Waals surface area contributed by atoms with Gasteiger partial charge in [0.25, 0.3) is 0 Å². The summed E-state index contributed by atoms with van der Waals surface area (Å²) in [6.45, 7) is 2.33. The van der Waals surface area contributed by atoms with Crippen LogP contribution in [-0.2, 0) is 25.8 Å². The highest BCUT2D eigenvalue weighted by Gasteiger charge is 2.42. The van der Waals surface area contributed by atoms with E-state index in [-0.39, 0.29) is 43.0 Å². The number of halogens is 1. The van der Waals surface area contributed by atoms with Gasteiger partial charge in [-0.25, -0.2) is 12.8 Å². The van der Waals surface area contributed by atoms with Crippen LogP contribution in [0.4, 0.5) is 4.39 Å². The summed E-state index contributed by atoms with van der Waals surface area (Å²) in [7, 11) is -3.21. The number of ether oxygens (including phenoxy) is 1. The quantitative estimate of drug-likeness (QED) is 0.811. The second kappa shape index (κ2) is 6.97. The van der Waals surface area contributed by atoms with Crippen LogP contribution in [0.15, 0.2) is 24.3 Å². The zero-order valence-corrected chi connectivity index (χ0v) is 14.2. The molecule has 1 fully saturated rings. The van der Waals surface area contributed by atoms with Crippen LogP contribution in [0, 0.1) is 11.7 Å². The summed E-state index contributed by atoms with van der Waals surface area (Å²) in [6.07, 6.45) is 1.98. The smallest absolute Gasteiger partial charge is 0.220 e. The van der Waals surface area contributed by atoms with Gasteiger partial charge in [-0.3, -0.25) is 4.79 Å². The fraction of sp³-hybridized carbons (Fsp3) is 0.562. The minimum atomic E-state index is -3.21. The topological polar surface area (TPSA) is 72.5 Å². The highest BCUT2D eigenvalue weighted by atomic mass is 32.2. The molecule has 1 aliphatic rings. The van der Waals surface area contributed by atoms with Gasteiger partial charge in [0.1, 0.15) is 21.2 Å². The van der Waals surface area contributed by atoms with E-state index in [1.54, 1.807) is 6.07 Å². The molecule has 0 aliphatic carbocycles. The van der Waals surface area contributed by atoms with Crippen molar-refractivity contribution < 1.29 is 22.3 Å². The summed E-state index contributed by atoms with van der Waals surface area (Å²) < 4.78 is 41.2. The summed E-state index contributed by atoms with van der Waals surface area (Å²) in [4.78, 5) is 12.2. The molecule has 0 aromatic heterocycles. The third kappa shape index (κ3) is 5.58. The van der Waals surface area contributed by atoms with Crippen LogP contribution in [0.1, 0.15) is 18.9 Å². The Morgan fingerprint density at radius 3 is 2.65 bits per heavy atom. The maximum atomic E-state index is 13.2. The number of nitrogens with one attached hydrogen (secondary N) is 1. The van der Waals surface area contributed by atoms with Crippen LogP contribution >= 0.6 is 0 Å². The minimum Gasteiger partial charge on any atom is -0.376 e. The Labute approximate surface area is 136 Å². The Kier molecular flexibility index (Phi) is 5.41. The van der Waals surface area contributed by atoms with E-state index in [0.29, 0.717) is 6.42 Å². The summed E-state index contributed by atoms with van der Waals surface area (Å²) >= 11 is 0. The van der Waals surface area contributed by atoms with Crippen LogP contribution in [0.2, 0.25) is 0 Å². The lowest BCUT2D eigenvalue weighted by Gasteiger charge is -2.41. The molecule has 23 heavy (non-hydrogen) atoms. The van der Waals surface area contributed by atoms with Gasteiger partial charge in [0.15, 0.2) is 0 Å². The lowest BCUT2D eigenvalue weighted by atomic mass is 9.95. The first kappa shape index (κ1) is 17.9. The fourth-order valence-electron chi connectivity index (χ4n) is 2.84. The van der Waals surface area contributed by atoms with Crippen molar-refractivity contribution in [2.45, 2.75) is 25.3 Å². The van der Waals surface area contributed by atoms with Gasteiger partial charge < -0.3 is 10.1 Å². The standard InChI is InChI=1S/C16H22FNO4S/c1-12(6-13-4-3-5-14(17)8-13)7-15(19)18-16(9-22-10-16)11-23(2,20)21/h3-5,8,12H,6-7,9-11H2,1-2H3,(H,18,19).